The van der Waals surface area contributed by atoms with Crippen LogP contribution in [0.1, 0.15) is 24.6 Å². The van der Waals surface area contributed by atoms with E-state index in [1.807, 2.05) is 12.1 Å². The highest BCUT2D eigenvalue weighted by Crippen LogP contribution is 2.21. The van der Waals surface area contributed by atoms with E-state index in [1.165, 1.54) is 11.3 Å². The summed E-state index contributed by atoms with van der Waals surface area (Å²) in [6, 6.07) is 3.73. The molecule has 2 atom stereocenters. The van der Waals surface area contributed by atoms with E-state index in [1.54, 1.807) is 6.92 Å². The van der Waals surface area contributed by atoms with Crippen molar-refractivity contribution in [2.45, 2.75) is 38.5 Å². The van der Waals surface area contributed by atoms with Gasteiger partial charge in [0.2, 0.25) is 5.91 Å². The van der Waals surface area contributed by atoms with Crippen LogP contribution in [0.2, 0.25) is 4.34 Å². The van der Waals surface area contributed by atoms with Gasteiger partial charge in [-0.2, -0.15) is 0 Å². The molecule has 1 aromatic heterocycles. The van der Waals surface area contributed by atoms with Gasteiger partial charge in [0.25, 0.3) is 0 Å². The first-order chi connectivity index (χ1) is 9.15. The lowest BCUT2D eigenvalue weighted by Crippen LogP contribution is -2.35. The van der Waals surface area contributed by atoms with E-state index in [0.717, 1.165) is 28.7 Å². The maximum atomic E-state index is 11.8. The lowest BCUT2D eigenvalue weighted by Gasteiger charge is -2.15. The minimum atomic E-state index is -0.459. The highest BCUT2D eigenvalue weighted by atomic mass is 35.5. The number of nitrogens with one attached hydrogen (secondary N) is 1. The highest BCUT2D eigenvalue weighted by molar-refractivity contribution is 7.16. The Bertz CT molecular complexity index is 418. The van der Waals surface area contributed by atoms with Crippen molar-refractivity contribution in [2.75, 3.05) is 13.2 Å². The van der Waals surface area contributed by atoms with Gasteiger partial charge in [-0.15, -0.1) is 11.3 Å². The summed E-state index contributed by atoms with van der Waals surface area (Å²) in [5.74, 6) is -0.109. The Morgan fingerprint density at radius 2 is 2.53 bits per heavy atom. The van der Waals surface area contributed by atoms with Crippen LogP contribution in [0.25, 0.3) is 0 Å². The maximum Gasteiger partial charge on any atom is 0.249 e. The molecule has 1 saturated heterocycles. The largest absolute Gasteiger partial charge is 0.376 e. The molecule has 1 aromatic rings. The summed E-state index contributed by atoms with van der Waals surface area (Å²) in [6.07, 6.45) is 1.78. The zero-order chi connectivity index (χ0) is 13.7. The Hall–Kier alpha value is -0.620. The van der Waals surface area contributed by atoms with Crippen LogP contribution in [0.5, 0.6) is 0 Å². The predicted molar refractivity (Wildman–Crippen MR) is 75.6 cm³/mol. The first-order valence-corrected chi connectivity index (χ1v) is 7.59. The van der Waals surface area contributed by atoms with Crippen LogP contribution in [-0.4, -0.2) is 31.3 Å². The quantitative estimate of drug-likeness (QED) is 0.879. The third-order valence-corrected chi connectivity index (χ3v) is 4.22. The molecule has 0 aliphatic carbocycles. The third kappa shape index (κ3) is 4.76. The van der Waals surface area contributed by atoms with Gasteiger partial charge in [-0.05, 0) is 31.9 Å². The monoisotopic (exact) mass is 303 g/mol. The Morgan fingerprint density at radius 3 is 3.16 bits per heavy atom. The van der Waals surface area contributed by atoms with Crippen molar-refractivity contribution in [3.8, 4) is 0 Å². The first kappa shape index (κ1) is 14.8. The summed E-state index contributed by atoms with van der Waals surface area (Å²) in [7, 11) is 0. The topological polar surface area (TPSA) is 47.6 Å². The molecule has 0 spiro atoms. The second kappa shape index (κ2) is 7.24. The normalized spacial score (nSPS) is 20.4. The number of halogens is 1. The smallest absolute Gasteiger partial charge is 0.249 e. The molecule has 0 saturated carbocycles. The first-order valence-electron chi connectivity index (χ1n) is 6.40. The van der Waals surface area contributed by atoms with Crippen LogP contribution in [-0.2, 0) is 20.8 Å². The van der Waals surface area contributed by atoms with Crippen LogP contribution in [0.3, 0.4) is 0 Å². The van der Waals surface area contributed by atoms with Crippen LogP contribution in [0.15, 0.2) is 12.1 Å². The van der Waals surface area contributed by atoms with Crippen LogP contribution >= 0.6 is 22.9 Å². The van der Waals surface area contributed by atoms with Crippen molar-refractivity contribution in [1.29, 1.82) is 0 Å². The Morgan fingerprint density at radius 1 is 1.68 bits per heavy atom. The van der Waals surface area contributed by atoms with E-state index in [9.17, 15) is 4.79 Å². The average Bonchev–Trinajstić information content (AvgIpc) is 3.04. The van der Waals surface area contributed by atoms with E-state index in [4.69, 9.17) is 21.1 Å². The number of hydrogen-bond donors (Lipinski definition) is 1. The molecule has 0 radical (unpaired) electrons. The second-order valence-corrected chi connectivity index (χ2v) is 6.33. The molecule has 106 valence electrons. The van der Waals surface area contributed by atoms with Gasteiger partial charge < -0.3 is 14.8 Å². The molecule has 1 amide bonds. The fraction of sp³-hybridized carbons (Fsp3) is 0.615. The van der Waals surface area contributed by atoms with Crippen LogP contribution in [0, 0.1) is 0 Å². The van der Waals surface area contributed by atoms with Crippen LogP contribution in [0.4, 0.5) is 0 Å². The molecule has 6 heteroatoms. The lowest BCUT2D eigenvalue weighted by molar-refractivity contribution is -0.133. The number of carbonyl (C=O) groups excluding carboxylic acids is 1. The Labute approximate surface area is 122 Å². The predicted octanol–water partition coefficient (Wildman–Crippen LogP) is 2.60. The molecule has 1 aliphatic rings. The van der Waals surface area contributed by atoms with Gasteiger partial charge in [-0.1, -0.05) is 11.6 Å². The summed E-state index contributed by atoms with van der Waals surface area (Å²) in [4.78, 5) is 12.9. The van der Waals surface area contributed by atoms with Gasteiger partial charge in [-0.25, -0.2) is 0 Å². The van der Waals surface area contributed by atoms with Gasteiger partial charge in [-0.3, -0.25) is 4.79 Å². The van der Waals surface area contributed by atoms with Crippen molar-refractivity contribution in [3.63, 3.8) is 0 Å². The van der Waals surface area contributed by atoms with Gasteiger partial charge in [0, 0.05) is 11.5 Å². The molecule has 0 bridgehead atoms. The lowest BCUT2D eigenvalue weighted by atomic mass is 10.2. The molecular formula is C13H18ClNO3S. The molecule has 19 heavy (non-hydrogen) atoms. The van der Waals surface area contributed by atoms with Crippen LogP contribution < -0.4 is 5.32 Å². The molecule has 1 fully saturated rings. The van der Waals surface area contributed by atoms with E-state index in [0.29, 0.717) is 13.2 Å². The number of carbonyl (C=O) groups is 1. The van der Waals surface area contributed by atoms with E-state index in [2.05, 4.69) is 5.32 Å². The second-order valence-electron chi connectivity index (χ2n) is 4.53. The third-order valence-electron chi connectivity index (χ3n) is 2.99. The van der Waals surface area contributed by atoms with E-state index < -0.39 is 6.10 Å². The SMILES string of the molecule is CC(OCC1CCCO1)C(=O)NCc1ccc(Cl)s1. The minimum absolute atomic E-state index is 0.109. The van der Waals surface area contributed by atoms with Gasteiger partial charge in [0.15, 0.2) is 0 Å². The van der Waals surface area contributed by atoms with Crippen molar-refractivity contribution >= 4 is 28.8 Å². The molecule has 2 heterocycles. The maximum absolute atomic E-state index is 11.8. The molecule has 1 N–H and O–H groups in total. The summed E-state index contributed by atoms with van der Waals surface area (Å²) < 4.78 is 11.7. The molecule has 0 aromatic carbocycles. The van der Waals surface area contributed by atoms with Crippen molar-refractivity contribution in [3.05, 3.63) is 21.3 Å². The zero-order valence-electron chi connectivity index (χ0n) is 10.9. The zero-order valence-corrected chi connectivity index (χ0v) is 12.4. The highest BCUT2D eigenvalue weighted by Gasteiger charge is 2.19. The summed E-state index contributed by atoms with van der Waals surface area (Å²) in [5.41, 5.74) is 0. The molecule has 2 unspecified atom stereocenters. The number of rotatable bonds is 6. The summed E-state index contributed by atoms with van der Waals surface area (Å²) >= 11 is 7.29. The summed E-state index contributed by atoms with van der Waals surface area (Å²) in [5, 5.41) is 2.83. The fourth-order valence-electron chi connectivity index (χ4n) is 1.87. The van der Waals surface area contributed by atoms with Crippen molar-refractivity contribution < 1.29 is 14.3 Å². The molecule has 1 aliphatic heterocycles. The molecule has 4 nitrogen and oxygen atoms in total. The minimum Gasteiger partial charge on any atom is -0.376 e. The van der Waals surface area contributed by atoms with E-state index in [-0.39, 0.29) is 12.0 Å². The van der Waals surface area contributed by atoms with E-state index >= 15 is 0 Å². The number of hydrogen-bond acceptors (Lipinski definition) is 4. The van der Waals surface area contributed by atoms with Crippen molar-refractivity contribution in [1.82, 2.24) is 5.32 Å². The number of thiophene rings is 1. The Balaban J connectivity index is 1.66. The summed E-state index contributed by atoms with van der Waals surface area (Å²) in [6.45, 7) is 3.53. The van der Waals surface area contributed by atoms with Gasteiger partial charge in [0.05, 0.1) is 23.6 Å². The average molecular weight is 304 g/mol. The number of amides is 1. The van der Waals surface area contributed by atoms with Crippen molar-refractivity contribution in [2.24, 2.45) is 0 Å². The standard InChI is InChI=1S/C13H18ClNO3S/c1-9(18-8-10-3-2-6-17-10)13(16)15-7-11-4-5-12(14)19-11/h4-5,9-10H,2-3,6-8H2,1H3,(H,15,16). The Kier molecular flexibility index (Phi) is 5.63. The molecule has 2 rings (SSSR count). The number of ether oxygens (including phenoxy) is 2. The van der Waals surface area contributed by atoms with Gasteiger partial charge >= 0.3 is 0 Å². The van der Waals surface area contributed by atoms with Gasteiger partial charge in [0.1, 0.15) is 6.10 Å². The fourth-order valence-corrected chi connectivity index (χ4v) is 2.90. The molecular weight excluding hydrogens is 286 g/mol.